The molecule has 20 heavy (non-hydrogen) atoms. The Morgan fingerprint density at radius 2 is 1.95 bits per heavy atom. The summed E-state index contributed by atoms with van der Waals surface area (Å²) in [5.74, 6) is 0. The van der Waals surface area contributed by atoms with Crippen molar-refractivity contribution in [2.45, 2.75) is 13.0 Å². The second kappa shape index (κ2) is 4.80. The van der Waals surface area contributed by atoms with Crippen molar-refractivity contribution in [3.63, 3.8) is 0 Å². The number of pyridine rings is 1. The van der Waals surface area contributed by atoms with Crippen LogP contribution in [0.4, 0.5) is 0 Å². The lowest BCUT2D eigenvalue weighted by molar-refractivity contribution is 0.793. The molecule has 3 aromatic rings. The molecule has 0 spiro atoms. The fourth-order valence-corrected chi connectivity index (χ4v) is 2.32. The van der Waals surface area contributed by atoms with E-state index in [-0.39, 0.29) is 6.04 Å². The first-order valence-corrected chi connectivity index (χ1v) is 6.44. The SMILES string of the molecule is C[C@@H](N)c1nc2ccccn2c1-c1ccc(C#N)cc1. The van der Waals surface area contributed by atoms with Crippen LogP contribution < -0.4 is 5.73 Å². The van der Waals surface area contributed by atoms with Gasteiger partial charge in [-0.05, 0) is 31.2 Å². The van der Waals surface area contributed by atoms with Gasteiger partial charge in [0, 0.05) is 17.8 Å². The third-order valence-corrected chi connectivity index (χ3v) is 3.28. The van der Waals surface area contributed by atoms with Crippen LogP contribution in [0.25, 0.3) is 16.9 Å². The van der Waals surface area contributed by atoms with Gasteiger partial charge in [-0.3, -0.25) is 4.40 Å². The van der Waals surface area contributed by atoms with E-state index in [1.54, 1.807) is 0 Å². The normalized spacial score (nSPS) is 12.2. The molecule has 4 nitrogen and oxygen atoms in total. The third kappa shape index (κ3) is 1.94. The fraction of sp³-hybridized carbons (Fsp3) is 0.125. The second-order valence-corrected chi connectivity index (χ2v) is 4.75. The average molecular weight is 262 g/mol. The van der Waals surface area contributed by atoms with Gasteiger partial charge in [0.25, 0.3) is 0 Å². The van der Waals surface area contributed by atoms with E-state index in [1.807, 2.05) is 60.0 Å². The average Bonchev–Trinajstić information content (AvgIpc) is 2.87. The summed E-state index contributed by atoms with van der Waals surface area (Å²) in [6, 6.07) is 15.3. The van der Waals surface area contributed by atoms with E-state index >= 15 is 0 Å². The Balaban J connectivity index is 2.27. The molecule has 0 saturated heterocycles. The zero-order chi connectivity index (χ0) is 14.1. The molecule has 1 aromatic carbocycles. The number of nitrogens with zero attached hydrogens (tertiary/aromatic N) is 3. The van der Waals surface area contributed by atoms with Crippen LogP contribution in [-0.4, -0.2) is 9.38 Å². The quantitative estimate of drug-likeness (QED) is 0.772. The minimum atomic E-state index is -0.152. The summed E-state index contributed by atoms with van der Waals surface area (Å²) in [6.07, 6.45) is 1.97. The molecule has 0 amide bonds. The smallest absolute Gasteiger partial charge is 0.137 e. The van der Waals surface area contributed by atoms with Crippen molar-refractivity contribution < 1.29 is 0 Å². The maximum Gasteiger partial charge on any atom is 0.137 e. The van der Waals surface area contributed by atoms with E-state index < -0.39 is 0 Å². The van der Waals surface area contributed by atoms with E-state index in [0.717, 1.165) is 22.6 Å². The minimum Gasteiger partial charge on any atom is -0.323 e. The molecule has 98 valence electrons. The van der Waals surface area contributed by atoms with Crippen LogP contribution in [0.1, 0.15) is 24.2 Å². The van der Waals surface area contributed by atoms with Crippen LogP contribution in [0, 0.1) is 11.3 Å². The van der Waals surface area contributed by atoms with Crippen molar-refractivity contribution in [1.82, 2.24) is 9.38 Å². The Bertz CT molecular complexity index is 791. The Morgan fingerprint density at radius 1 is 1.20 bits per heavy atom. The lowest BCUT2D eigenvalue weighted by Gasteiger charge is -2.07. The number of hydrogen-bond donors (Lipinski definition) is 1. The molecule has 0 unspecified atom stereocenters. The van der Waals surface area contributed by atoms with Gasteiger partial charge < -0.3 is 5.73 Å². The van der Waals surface area contributed by atoms with E-state index in [9.17, 15) is 0 Å². The fourth-order valence-electron chi connectivity index (χ4n) is 2.32. The lowest BCUT2D eigenvalue weighted by Crippen LogP contribution is -2.07. The molecule has 0 saturated carbocycles. The van der Waals surface area contributed by atoms with Gasteiger partial charge in [0.05, 0.1) is 23.0 Å². The molecule has 0 fully saturated rings. The molecule has 4 heteroatoms. The number of hydrogen-bond acceptors (Lipinski definition) is 3. The summed E-state index contributed by atoms with van der Waals surface area (Å²) >= 11 is 0. The highest BCUT2D eigenvalue weighted by atomic mass is 15.0. The van der Waals surface area contributed by atoms with Crippen LogP contribution >= 0.6 is 0 Å². The van der Waals surface area contributed by atoms with Crippen molar-refractivity contribution in [3.8, 4) is 17.3 Å². The highest BCUT2D eigenvalue weighted by Crippen LogP contribution is 2.28. The number of fused-ring (bicyclic) bond motifs is 1. The van der Waals surface area contributed by atoms with Crippen LogP contribution in [-0.2, 0) is 0 Å². The zero-order valence-electron chi connectivity index (χ0n) is 11.1. The molecular weight excluding hydrogens is 248 g/mol. The molecule has 0 bridgehead atoms. The van der Waals surface area contributed by atoms with E-state index in [4.69, 9.17) is 11.0 Å². The Labute approximate surface area is 117 Å². The van der Waals surface area contributed by atoms with Gasteiger partial charge in [-0.2, -0.15) is 5.26 Å². The maximum absolute atomic E-state index is 8.89. The highest BCUT2D eigenvalue weighted by molar-refractivity contribution is 5.68. The summed E-state index contributed by atoms with van der Waals surface area (Å²) in [5.41, 5.74) is 10.4. The van der Waals surface area contributed by atoms with Crippen molar-refractivity contribution >= 4 is 5.65 Å². The van der Waals surface area contributed by atoms with Crippen LogP contribution in [0.15, 0.2) is 48.7 Å². The molecule has 2 N–H and O–H groups in total. The van der Waals surface area contributed by atoms with Gasteiger partial charge in [-0.15, -0.1) is 0 Å². The Morgan fingerprint density at radius 3 is 2.60 bits per heavy atom. The summed E-state index contributed by atoms with van der Waals surface area (Å²) in [5, 5.41) is 8.89. The van der Waals surface area contributed by atoms with E-state index in [2.05, 4.69) is 11.1 Å². The number of nitriles is 1. The summed E-state index contributed by atoms with van der Waals surface area (Å²) in [6.45, 7) is 1.93. The topological polar surface area (TPSA) is 67.1 Å². The lowest BCUT2D eigenvalue weighted by atomic mass is 10.1. The molecule has 0 aliphatic carbocycles. The molecular formula is C16H14N4. The molecule has 0 aliphatic heterocycles. The molecule has 3 rings (SSSR count). The van der Waals surface area contributed by atoms with Gasteiger partial charge in [0.2, 0.25) is 0 Å². The van der Waals surface area contributed by atoms with Crippen LogP contribution in [0.3, 0.4) is 0 Å². The minimum absolute atomic E-state index is 0.152. The largest absolute Gasteiger partial charge is 0.323 e. The van der Waals surface area contributed by atoms with E-state index in [0.29, 0.717) is 5.56 Å². The third-order valence-electron chi connectivity index (χ3n) is 3.28. The van der Waals surface area contributed by atoms with Crippen molar-refractivity contribution in [2.24, 2.45) is 5.73 Å². The number of nitrogens with two attached hydrogens (primary N) is 1. The van der Waals surface area contributed by atoms with Crippen molar-refractivity contribution in [1.29, 1.82) is 5.26 Å². The number of benzene rings is 1. The summed E-state index contributed by atoms with van der Waals surface area (Å²) < 4.78 is 2.03. The van der Waals surface area contributed by atoms with E-state index in [1.165, 1.54) is 0 Å². The van der Waals surface area contributed by atoms with Gasteiger partial charge in [-0.1, -0.05) is 18.2 Å². The monoisotopic (exact) mass is 262 g/mol. The standard InChI is InChI=1S/C16H14N4/c1-11(18)15-16(13-7-5-12(10-17)6-8-13)20-9-3-2-4-14(20)19-15/h2-9,11H,18H2,1H3/t11-/m1/s1. The number of aromatic nitrogens is 2. The molecule has 1 atom stereocenters. The first-order valence-electron chi connectivity index (χ1n) is 6.44. The van der Waals surface area contributed by atoms with Gasteiger partial charge in [0.15, 0.2) is 0 Å². The number of rotatable bonds is 2. The first kappa shape index (κ1) is 12.4. The number of imidazole rings is 1. The Hall–Kier alpha value is -2.64. The first-order chi connectivity index (χ1) is 9.70. The molecule has 0 aliphatic rings. The molecule has 2 heterocycles. The predicted molar refractivity (Wildman–Crippen MR) is 77.9 cm³/mol. The summed E-state index contributed by atoms with van der Waals surface area (Å²) in [7, 11) is 0. The van der Waals surface area contributed by atoms with Crippen molar-refractivity contribution in [3.05, 3.63) is 59.9 Å². The van der Waals surface area contributed by atoms with Gasteiger partial charge >= 0.3 is 0 Å². The van der Waals surface area contributed by atoms with Gasteiger partial charge in [-0.25, -0.2) is 4.98 Å². The molecule has 2 aromatic heterocycles. The predicted octanol–water partition coefficient (Wildman–Crippen LogP) is 2.89. The van der Waals surface area contributed by atoms with Crippen LogP contribution in [0.2, 0.25) is 0 Å². The maximum atomic E-state index is 8.89. The van der Waals surface area contributed by atoms with Crippen LogP contribution in [0.5, 0.6) is 0 Å². The zero-order valence-corrected chi connectivity index (χ0v) is 11.1. The van der Waals surface area contributed by atoms with Gasteiger partial charge in [0.1, 0.15) is 5.65 Å². The second-order valence-electron chi connectivity index (χ2n) is 4.75. The molecule has 0 radical (unpaired) electrons. The Kier molecular flexibility index (Phi) is 2.97. The van der Waals surface area contributed by atoms with Crippen molar-refractivity contribution in [2.75, 3.05) is 0 Å². The summed E-state index contributed by atoms with van der Waals surface area (Å²) in [4.78, 5) is 4.60. The highest BCUT2D eigenvalue weighted by Gasteiger charge is 2.16.